The third-order valence-corrected chi connectivity index (χ3v) is 6.57. The first-order chi connectivity index (χ1) is 12.0. The van der Waals surface area contributed by atoms with Crippen LogP contribution in [0, 0.1) is 19.8 Å². The van der Waals surface area contributed by atoms with Gasteiger partial charge in [-0.3, -0.25) is 4.79 Å². The molecule has 1 spiro atoms. The Hall–Kier alpha value is -1.55. The van der Waals surface area contributed by atoms with Gasteiger partial charge in [-0.05, 0) is 49.9 Å². The lowest BCUT2D eigenvalue weighted by atomic mass is 9.81. The number of ether oxygens (including phenoxy) is 1. The fourth-order valence-corrected chi connectivity index (χ4v) is 4.77. The SMILES string of the molecule is Cc1cc2c(cc1C)[C@H](O)CC1(CCN(C(=O)C3CCCC3)CC1)O2. The summed E-state index contributed by atoms with van der Waals surface area (Å²) < 4.78 is 6.42. The molecular formula is C21H29NO3. The second kappa shape index (κ2) is 6.31. The molecule has 4 heteroatoms. The predicted molar refractivity (Wildman–Crippen MR) is 96.6 cm³/mol. The molecule has 2 heterocycles. The molecule has 0 aromatic heterocycles. The van der Waals surface area contributed by atoms with Crippen LogP contribution in [0.3, 0.4) is 0 Å². The number of aryl methyl sites for hydroxylation is 2. The van der Waals surface area contributed by atoms with Crippen LogP contribution in [0.1, 0.15) is 67.7 Å². The summed E-state index contributed by atoms with van der Waals surface area (Å²) in [6.45, 7) is 5.65. The molecule has 0 radical (unpaired) electrons. The molecule has 1 aromatic carbocycles. The average molecular weight is 343 g/mol. The van der Waals surface area contributed by atoms with Crippen LogP contribution in [0.5, 0.6) is 5.75 Å². The highest BCUT2D eigenvalue weighted by atomic mass is 16.5. The van der Waals surface area contributed by atoms with Crippen molar-refractivity contribution >= 4 is 5.91 Å². The number of aliphatic hydroxyl groups is 1. The summed E-state index contributed by atoms with van der Waals surface area (Å²) in [6.07, 6.45) is 6.29. The summed E-state index contributed by atoms with van der Waals surface area (Å²) in [7, 11) is 0. The molecule has 4 nitrogen and oxygen atoms in total. The van der Waals surface area contributed by atoms with Crippen molar-refractivity contribution in [2.24, 2.45) is 5.92 Å². The zero-order valence-corrected chi connectivity index (χ0v) is 15.4. The number of nitrogens with zero attached hydrogens (tertiary/aromatic N) is 1. The molecular weight excluding hydrogens is 314 g/mol. The first-order valence-electron chi connectivity index (χ1n) is 9.74. The maximum absolute atomic E-state index is 12.7. The summed E-state index contributed by atoms with van der Waals surface area (Å²) in [6, 6.07) is 4.12. The van der Waals surface area contributed by atoms with Crippen LogP contribution in [0.2, 0.25) is 0 Å². The number of piperidine rings is 1. The number of amides is 1. The van der Waals surface area contributed by atoms with E-state index in [1.165, 1.54) is 24.0 Å². The van der Waals surface area contributed by atoms with Gasteiger partial charge in [0.15, 0.2) is 0 Å². The highest BCUT2D eigenvalue weighted by Crippen LogP contribution is 2.45. The van der Waals surface area contributed by atoms with E-state index in [-0.39, 0.29) is 11.5 Å². The Morgan fingerprint density at radius 2 is 1.80 bits per heavy atom. The van der Waals surface area contributed by atoms with Crippen molar-refractivity contribution in [3.63, 3.8) is 0 Å². The molecule has 1 aromatic rings. The molecule has 3 aliphatic rings. The molecule has 0 bridgehead atoms. The van der Waals surface area contributed by atoms with Crippen molar-refractivity contribution in [2.75, 3.05) is 13.1 Å². The van der Waals surface area contributed by atoms with Gasteiger partial charge >= 0.3 is 0 Å². The Labute approximate surface area is 150 Å². The van der Waals surface area contributed by atoms with Gasteiger partial charge in [-0.2, -0.15) is 0 Å². The first kappa shape index (κ1) is 16.9. The Bertz CT molecular complexity index is 670. The Kier molecular flexibility index (Phi) is 4.27. The molecule has 1 aliphatic carbocycles. The highest BCUT2D eigenvalue weighted by Gasteiger charge is 2.44. The maximum atomic E-state index is 12.7. The second-order valence-electron chi connectivity index (χ2n) is 8.29. The van der Waals surface area contributed by atoms with E-state index in [1.54, 1.807) is 0 Å². The molecule has 4 rings (SSSR count). The number of benzene rings is 1. The number of rotatable bonds is 1. The summed E-state index contributed by atoms with van der Waals surface area (Å²) in [5.41, 5.74) is 2.98. The minimum atomic E-state index is -0.472. The topological polar surface area (TPSA) is 49.8 Å². The van der Waals surface area contributed by atoms with Gasteiger partial charge in [0.05, 0.1) is 6.10 Å². The third kappa shape index (κ3) is 3.05. The lowest BCUT2D eigenvalue weighted by Gasteiger charge is -2.46. The van der Waals surface area contributed by atoms with Crippen LogP contribution >= 0.6 is 0 Å². The minimum absolute atomic E-state index is 0.248. The number of hydrogen-bond donors (Lipinski definition) is 1. The quantitative estimate of drug-likeness (QED) is 0.846. The van der Waals surface area contributed by atoms with Crippen molar-refractivity contribution < 1.29 is 14.6 Å². The number of carbonyl (C=O) groups excluding carboxylic acids is 1. The number of likely N-dealkylation sites (tertiary alicyclic amines) is 1. The van der Waals surface area contributed by atoms with Crippen molar-refractivity contribution in [3.05, 3.63) is 28.8 Å². The summed E-state index contributed by atoms with van der Waals surface area (Å²) >= 11 is 0. The van der Waals surface area contributed by atoms with Gasteiger partial charge in [-0.25, -0.2) is 0 Å². The molecule has 2 aliphatic heterocycles. The predicted octanol–water partition coefficient (Wildman–Crippen LogP) is 3.67. The van der Waals surface area contributed by atoms with E-state index in [0.29, 0.717) is 12.3 Å². The van der Waals surface area contributed by atoms with E-state index >= 15 is 0 Å². The van der Waals surface area contributed by atoms with Crippen LogP contribution in [0.25, 0.3) is 0 Å². The van der Waals surface area contributed by atoms with Crippen molar-refractivity contribution in [1.29, 1.82) is 0 Å². The van der Waals surface area contributed by atoms with Gasteiger partial charge in [-0.1, -0.05) is 12.8 Å². The zero-order valence-electron chi connectivity index (χ0n) is 15.4. The molecule has 2 fully saturated rings. The number of hydrogen-bond acceptors (Lipinski definition) is 3. The first-order valence-corrected chi connectivity index (χ1v) is 9.74. The highest BCUT2D eigenvalue weighted by molar-refractivity contribution is 5.79. The molecule has 1 amide bonds. The van der Waals surface area contributed by atoms with Crippen LogP contribution in [-0.2, 0) is 4.79 Å². The maximum Gasteiger partial charge on any atom is 0.225 e. The van der Waals surface area contributed by atoms with Gasteiger partial charge in [-0.15, -0.1) is 0 Å². The number of carbonyl (C=O) groups is 1. The van der Waals surface area contributed by atoms with E-state index in [0.717, 1.165) is 50.1 Å². The van der Waals surface area contributed by atoms with Crippen LogP contribution in [0.4, 0.5) is 0 Å². The Morgan fingerprint density at radius 3 is 2.48 bits per heavy atom. The van der Waals surface area contributed by atoms with Crippen molar-refractivity contribution in [3.8, 4) is 5.75 Å². The lowest BCUT2D eigenvalue weighted by molar-refractivity contribution is -0.140. The van der Waals surface area contributed by atoms with E-state index in [4.69, 9.17) is 4.74 Å². The van der Waals surface area contributed by atoms with Crippen molar-refractivity contribution in [2.45, 2.75) is 70.5 Å². The molecule has 136 valence electrons. The van der Waals surface area contributed by atoms with E-state index in [2.05, 4.69) is 26.0 Å². The average Bonchev–Trinajstić information content (AvgIpc) is 3.11. The molecule has 25 heavy (non-hydrogen) atoms. The standard InChI is InChI=1S/C21H29NO3/c1-14-11-17-18(23)13-21(25-19(17)12-15(14)2)7-9-22(10-8-21)20(24)16-5-3-4-6-16/h11-12,16,18,23H,3-10,13H2,1-2H3/t18-/m1/s1. The van der Waals surface area contributed by atoms with Gasteiger partial charge in [0, 0.05) is 43.8 Å². The number of aliphatic hydroxyl groups excluding tert-OH is 1. The van der Waals surface area contributed by atoms with Crippen LogP contribution in [-0.4, -0.2) is 34.6 Å². The van der Waals surface area contributed by atoms with Crippen molar-refractivity contribution in [1.82, 2.24) is 4.90 Å². The molecule has 1 N–H and O–H groups in total. The summed E-state index contributed by atoms with van der Waals surface area (Å²) in [4.78, 5) is 14.7. The van der Waals surface area contributed by atoms with Gasteiger partial charge < -0.3 is 14.7 Å². The second-order valence-corrected chi connectivity index (χ2v) is 8.29. The van der Waals surface area contributed by atoms with E-state index in [9.17, 15) is 9.90 Å². The lowest BCUT2D eigenvalue weighted by Crippen LogP contribution is -2.52. The fraction of sp³-hybridized carbons (Fsp3) is 0.667. The van der Waals surface area contributed by atoms with Crippen LogP contribution < -0.4 is 4.74 Å². The van der Waals surface area contributed by atoms with Gasteiger partial charge in [0.2, 0.25) is 5.91 Å². The monoisotopic (exact) mass is 343 g/mol. The minimum Gasteiger partial charge on any atom is -0.487 e. The summed E-state index contributed by atoms with van der Waals surface area (Å²) in [5.74, 6) is 1.42. The largest absolute Gasteiger partial charge is 0.487 e. The Morgan fingerprint density at radius 1 is 1.16 bits per heavy atom. The van der Waals surface area contributed by atoms with E-state index in [1.807, 2.05) is 4.90 Å². The normalized spacial score (nSPS) is 25.7. The van der Waals surface area contributed by atoms with E-state index < -0.39 is 6.10 Å². The molecule has 1 saturated carbocycles. The van der Waals surface area contributed by atoms with Crippen LogP contribution in [0.15, 0.2) is 12.1 Å². The molecule has 1 atom stereocenters. The van der Waals surface area contributed by atoms with Gasteiger partial charge in [0.1, 0.15) is 11.4 Å². The zero-order chi connectivity index (χ0) is 17.6. The Balaban J connectivity index is 1.47. The number of fused-ring (bicyclic) bond motifs is 1. The fourth-order valence-electron chi connectivity index (χ4n) is 4.77. The van der Waals surface area contributed by atoms with Gasteiger partial charge in [0.25, 0.3) is 0 Å². The third-order valence-electron chi connectivity index (χ3n) is 6.57. The summed E-state index contributed by atoms with van der Waals surface area (Å²) in [5, 5.41) is 10.7. The molecule has 0 unspecified atom stereocenters. The smallest absolute Gasteiger partial charge is 0.225 e. The molecule has 1 saturated heterocycles.